The molecular weight excluding hydrogens is 745 g/mol. The summed E-state index contributed by atoms with van der Waals surface area (Å²) in [6.45, 7) is 64.5. The molecule has 0 heterocycles. The van der Waals surface area contributed by atoms with Crippen LogP contribution in [-0.2, 0) is 0 Å². The molecule has 0 amide bonds. The largest absolute Gasteiger partial charge is 0.0776 e. The lowest BCUT2D eigenvalue weighted by atomic mass is 10.4. The van der Waals surface area contributed by atoms with E-state index in [0.717, 1.165) is 0 Å². The van der Waals surface area contributed by atoms with Crippen molar-refractivity contribution in [1.82, 2.24) is 0 Å². The minimum Gasteiger partial charge on any atom is -0.0776 e. The van der Waals surface area contributed by atoms with Crippen LogP contribution in [0.5, 0.6) is 0 Å². The first kappa shape index (κ1) is 130. The fourth-order valence-corrected chi connectivity index (χ4v) is 1.54. The standard InChI is InChI=1S/4C6H6.2C3H8.14C2H6.4CH4/c4*1-2-4-6-5-3-1;2*1-3-2;14*1-2;;;;/h4*1-6H;2*3H2,1-2H3;14*1-2H3;4*1H4. The molecule has 0 saturated carbocycles. The third-order valence-electron chi connectivity index (χ3n) is 2.67. The summed E-state index contributed by atoms with van der Waals surface area (Å²) >= 11 is 0. The van der Waals surface area contributed by atoms with Crippen LogP contribution in [0.4, 0.5) is 0 Å². The van der Waals surface area contributed by atoms with Crippen LogP contribution in [0.2, 0.25) is 0 Å². The molecular formula is C62H140. The van der Waals surface area contributed by atoms with Crippen molar-refractivity contribution >= 4 is 0 Å². The fraction of sp³-hybridized carbons (Fsp3) is 0.613. The SMILES string of the molecule is C.C.C.C.CC.CC.CC.CC.CC.CC.CC.CC.CC.CC.CC.CC.CC.CC.CCC.CCC.c1ccccc1.c1ccccc1.c1ccccc1.c1ccccc1. The minimum absolute atomic E-state index is 0. The van der Waals surface area contributed by atoms with E-state index in [9.17, 15) is 0 Å². The highest BCUT2D eigenvalue weighted by molar-refractivity contribution is 5.00. The second-order valence-electron chi connectivity index (χ2n) is 6.03. The maximum Gasteiger partial charge on any atom is -0.0590 e. The van der Waals surface area contributed by atoms with E-state index in [1.165, 1.54) is 12.8 Å². The molecule has 0 aliphatic heterocycles. The van der Waals surface area contributed by atoms with Gasteiger partial charge in [-0.3, -0.25) is 0 Å². The molecule has 0 aromatic heterocycles. The van der Waals surface area contributed by atoms with Crippen LogP contribution in [0.15, 0.2) is 146 Å². The van der Waals surface area contributed by atoms with Gasteiger partial charge in [0.05, 0.1) is 0 Å². The van der Waals surface area contributed by atoms with Crippen LogP contribution in [0.25, 0.3) is 0 Å². The van der Waals surface area contributed by atoms with Gasteiger partial charge in [-0.15, -0.1) is 0 Å². The van der Waals surface area contributed by atoms with Crippen LogP contribution in [-0.4, -0.2) is 0 Å². The molecule has 0 saturated heterocycles. The molecule has 0 bridgehead atoms. The summed E-state index contributed by atoms with van der Waals surface area (Å²) < 4.78 is 0. The summed E-state index contributed by atoms with van der Waals surface area (Å²) in [7, 11) is 0. The molecule has 4 aromatic rings. The normalized spacial score (nSPS) is 5.03. The third kappa shape index (κ3) is 407. The van der Waals surface area contributed by atoms with Crippen molar-refractivity contribution in [1.29, 1.82) is 0 Å². The van der Waals surface area contributed by atoms with E-state index in [1.807, 2.05) is 339 Å². The molecule has 0 spiro atoms. The number of benzene rings is 4. The molecule has 388 valence electrons. The molecule has 0 atom stereocenters. The van der Waals surface area contributed by atoms with Gasteiger partial charge in [0.15, 0.2) is 0 Å². The highest BCUT2D eigenvalue weighted by Crippen LogP contribution is 1.81. The summed E-state index contributed by atoms with van der Waals surface area (Å²) in [6, 6.07) is 48.0. The summed E-state index contributed by atoms with van der Waals surface area (Å²) in [5.41, 5.74) is 0. The predicted molar refractivity (Wildman–Crippen MR) is 323 cm³/mol. The molecule has 0 aliphatic rings. The van der Waals surface area contributed by atoms with Gasteiger partial charge in [-0.1, -0.05) is 410 Å². The third-order valence-corrected chi connectivity index (χ3v) is 2.67. The Balaban J connectivity index is -0.0000000170. The van der Waals surface area contributed by atoms with Crippen molar-refractivity contribution in [3.63, 3.8) is 0 Å². The van der Waals surface area contributed by atoms with Gasteiger partial charge in [0, 0.05) is 0 Å². The first-order valence-corrected chi connectivity index (χ1v) is 24.8. The second kappa shape index (κ2) is 358. The van der Waals surface area contributed by atoms with Crippen molar-refractivity contribution < 1.29 is 0 Å². The Bertz CT molecular complexity index is 442. The van der Waals surface area contributed by atoms with Crippen molar-refractivity contribution in [2.24, 2.45) is 0 Å². The maximum absolute atomic E-state index is 2.12. The Kier molecular flexibility index (Phi) is 753. The Morgan fingerprint density at radius 1 is 0.129 bits per heavy atom. The lowest BCUT2D eigenvalue weighted by molar-refractivity contribution is 1.09. The van der Waals surface area contributed by atoms with Crippen LogP contribution in [0.1, 0.15) is 264 Å². The van der Waals surface area contributed by atoms with Crippen LogP contribution < -0.4 is 0 Å². The van der Waals surface area contributed by atoms with E-state index >= 15 is 0 Å². The Labute approximate surface area is 408 Å². The van der Waals surface area contributed by atoms with Crippen molar-refractivity contribution in [3.05, 3.63) is 146 Å². The second-order valence-corrected chi connectivity index (χ2v) is 6.03. The summed E-state index contributed by atoms with van der Waals surface area (Å²) in [6.07, 6.45) is 2.50. The van der Waals surface area contributed by atoms with E-state index in [4.69, 9.17) is 0 Å². The van der Waals surface area contributed by atoms with E-state index in [0.29, 0.717) is 0 Å². The first-order valence-electron chi connectivity index (χ1n) is 24.8. The lowest BCUT2D eigenvalue weighted by Crippen LogP contribution is -1.47. The minimum atomic E-state index is 0. The molecule has 0 fully saturated rings. The summed E-state index contributed by atoms with van der Waals surface area (Å²) in [5, 5.41) is 0. The monoisotopic (exact) mass is 885 g/mol. The lowest BCUT2D eigenvalue weighted by Gasteiger charge is -1.69. The number of hydrogen-bond acceptors (Lipinski definition) is 0. The zero-order valence-electron chi connectivity index (χ0n) is 47.3. The Morgan fingerprint density at radius 3 is 0.161 bits per heavy atom. The molecule has 0 heteroatoms. The van der Waals surface area contributed by atoms with Crippen molar-refractivity contribution in [2.45, 2.75) is 264 Å². The van der Waals surface area contributed by atoms with Gasteiger partial charge >= 0.3 is 0 Å². The molecule has 62 heavy (non-hydrogen) atoms. The van der Waals surface area contributed by atoms with Crippen LogP contribution in [0.3, 0.4) is 0 Å². The molecule has 0 aliphatic carbocycles. The number of hydrogen-bond donors (Lipinski definition) is 0. The molecule has 0 unspecified atom stereocenters. The van der Waals surface area contributed by atoms with Gasteiger partial charge in [-0.2, -0.15) is 0 Å². The molecule has 0 N–H and O–H groups in total. The van der Waals surface area contributed by atoms with E-state index in [-0.39, 0.29) is 29.7 Å². The number of rotatable bonds is 0. The smallest absolute Gasteiger partial charge is 0.0590 e. The molecule has 0 nitrogen and oxygen atoms in total. The van der Waals surface area contributed by atoms with E-state index in [2.05, 4.69) is 27.7 Å². The van der Waals surface area contributed by atoms with Crippen LogP contribution >= 0.6 is 0 Å². The van der Waals surface area contributed by atoms with Gasteiger partial charge in [-0.25, -0.2) is 0 Å². The average Bonchev–Trinajstić information content (AvgIpc) is 3.41. The molecule has 0 radical (unpaired) electrons. The van der Waals surface area contributed by atoms with Gasteiger partial charge in [0.2, 0.25) is 0 Å². The van der Waals surface area contributed by atoms with Crippen molar-refractivity contribution in [3.8, 4) is 0 Å². The summed E-state index contributed by atoms with van der Waals surface area (Å²) in [4.78, 5) is 0. The van der Waals surface area contributed by atoms with E-state index < -0.39 is 0 Å². The van der Waals surface area contributed by atoms with Gasteiger partial charge in [-0.05, 0) is 0 Å². The van der Waals surface area contributed by atoms with Crippen LogP contribution in [0, 0.1) is 0 Å². The fourth-order valence-electron chi connectivity index (χ4n) is 1.54. The zero-order valence-corrected chi connectivity index (χ0v) is 47.3. The van der Waals surface area contributed by atoms with Gasteiger partial charge in [0.25, 0.3) is 0 Å². The quantitative estimate of drug-likeness (QED) is 0.165. The molecule has 4 rings (SSSR count). The van der Waals surface area contributed by atoms with Crippen molar-refractivity contribution in [2.75, 3.05) is 0 Å². The average molecular weight is 886 g/mol. The zero-order chi connectivity index (χ0) is 50.4. The summed E-state index contributed by atoms with van der Waals surface area (Å²) in [5.74, 6) is 0. The Hall–Kier alpha value is -3.12. The highest BCUT2D eigenvalue weighted by atomic mass is 13.7. The van der Waals surface area contributed by atoms with E-state index in [1.54, 1.807) is 0 Å². The van der Waals surface area contributed by atoms with Gasteiger partial charge < -0.3 is 0 Å². The maximum atomic E-state index is 2.12. The Morgan fingerprint density at radius 2 is 0.145 bits per heavy atom. The topological polar surface area (TPSA) is 0 Å². The first-order chi connectivity index (χ1) is 28.8. The predicted octanol–water partition coefficient (Wildman–Crippen LogP) is 26.5. The van der Waals surface area contributed by atoms with Gasteiger partial charge in [0.1, 0.15) is 0 Å². The molecule has 4 aromatic carbocycles. The highest BCUT2D eigenvalue weighted by Gasteiger charge is 1.59.